The summed E-state index contributed by atoms with van der Waals surface area (Å²) in [5.74, 6) is 0.233. The van der Waals surface area contributed by atoms with Crippen molar-refractivity contribution in [2.45, 2.75) is 64.6 Å². The molecule has 0 spiro atoms. The van der Waals surface area contributed by atoms with Crippen LogP contribution in [0.2, 0.25) is 0 Å². The number of carbonyl (C=O) groups is 1. The zero-order valence-corrected chi connectivity index (χ0v) is 11.6. The molecule has 0 amide bonds. The van der Waals surface area contributed by atoms with Crippen LogP contribution in [-0.2, 0) is 9.53 Å². The second-order valence-corrected chi connectivity index (χ2v) is 7.44. The molecular formula is C15H24O3. The molecule has 18 heavy (non-hydrogen) atoms. The predicted molar refractivity (Wildman–Crippen MR) is 68.2 cm³/mol. The van der Waals surface area contributed by atoms with E-state index in [0.717, 1.165) is 32.1 Å². The second-order valence-electron chi connectivity index (χ2n) is 7.44. The highest BCUT2D eigenvalue weighted by Gasteiger charge is 2.58. The Bertz CT molecular complexity index is 376. The molecule has 3 nitrogen and oxygen atoms in total. The molecule has 0 bridgehead atoms. The van der Waals surface area contributed by atoms with Gasteiger partial charge in [0.25, 0.3) is 0 Å². The van der Waals surface area contributed by atoms with Gasteiger partial charge in [0, 0.05) is 0 Å². The number of ether oxygens (including phenoxy) is 1. The van der Waals surface area contributed by atoms with Crippen LogP contribution in [-0.4, -0.2) is 22.8 Å². The molecule has 0 aromatic rings. The lowest BCUT2D eigenvalue weighted by Gasteiger charge is -2.54. The van der Waals surface area contributed by atoms with E-state index >= 15 is 0 Å². The first kappa shape index (κ1) is 12.5. The van der Waals surface area contributed by atoms with Crippen molar-refractivity contribution in [3.05, 3.63) is 0 Å². The molecule has 0 aromatic carbocycles. The number of hydrogen-bond acceptors (Lipinski definition) is 2. The van der Waals surface area contributed by atoms with Gasteiger partial charge in [0.05, 0.1) is 17.6 Å². The van der Waals surface area contributed by atoms with Crippen LogP contribution in [0.1, 0.15) is 52.9 Å². The number of hydrogen-bond donors (Lipinski definition) is 1. The summed E-state index contributed by atoms with van der Waals surface area (Å²) >= 11 is 0. The van der Waals surface area contributed by atoms with Crippen molar-refractivity contribution in [1.82, 2.24) is 0 Å². The highest BCUT2D eigenvalue weighted by molar-refractivity contribution is 5.70. The van der Waals surface area contributed by atoms with Gasteiger partial charge < -0.3 is 9.84 Å². The fourth-order valence-corrected chi connectivity index (χ4v) is 4.52. The van der Waals surface area contributed by atoms with E-state index in [4.69, 9.17) is 4.74 Å². The third-order valence-electron chi connectivity index (χ3n) is 5.84. The molecule has 1 N–H and O–H groups in total. The van der Waals surface area contributed by atoms with Crippen LogP contribution in [0.3, 0.4) is 0 Å². The molecule has 5 atom stereocenters. The summed E-state index contributed by atoms with van der Waals surface area (Å²) in [5, 5.41) is 9.46. The molecule has 2 saturated carbocycles. The van der Waals surface area contributed by atoms with Gasteiger partial charge in [0.2, 0.25) is 0 Å². The van der Waals surface area contributed by atoms with Gasteiger partial charge >= 0.3 is 5.97 Å². The Labute approximate surface area is 109 Å². The van der Waals surface area contributed by atoms with Crippen LogP contribution >= 0.6 is 0 Å². The zero-order chi connectivity index (χ0) is 13.1. The first-order valence-electron chi connectivity index (χ1n) is 7.24. The maximum absolute atomic E-state index is 11.5. The van der Waals surface area contributed by atoms with Crippen LogP contribution in [0.25, 0.3) is 0 Å². The van der Waals surface area contributed by atoms with Crippen molar-refractivity contribution >= 4 is 5.97 Å². The third-order valence-corrected chi connectivity index (χ3v) is 5.84. The number of aliphatic carboxylic acids is 1. The lowest BCUT2D eigenvalue weighted by molar-refractivity contribution is -0.152. The van der Waals surface area contributed by atoms with Gasteiger partial charge in [-0.25, -0.2) is 0 Å². The molecule has 3 heteroatoms. The van der Waals surface area contributed by atoms with Crippen molar-refractivity contribution in [3.8, 4) is 0 Å². The molecule has 0 radical (unpaired) electrons. The number of rotatable bonds is 1. The summed E-state index contributed by atoms with van der Waals surface area (Å²) in [6, 6.07) is 0. The molecular weight excluding hydrogens is 228 g/mol. The van der Waals surface area contributed by atoms with E-state index in [2.05, 4.69) is 20.8 Å². The zero-order valence-electron chi connectivity index (χ0n) is 11.6. The lowest BCUT2D eigenvalue weighted by atomic mass is 9.50. The monoisotopic (exact) mass is 252 g/mol. The summed E-state index contributed by atoms with van der Waals surface area (Å²) in [5.41, 5.74) is 0.382. The van der Waals surface area contributed by atoms with Gasteiger partial charge in [0.1, 0.15) is 0 Å². The fourth-order valence-electron chi connectivity index (χ4n) is 4.52. The van der Waals surface area contributed by atoms with Gasteiger partial charge in [-0.2, -0.15) is 0 Å². The molecule has 5 unspecified atom stereocenters. The Kier molecular flexibility index (Phi) is 2.58. The Morgan fingerprint density at radius 3 is 2.56 bits per heavy atom. The molecule has 3 aliphatic rings. The van der Waals surface area contributed by atoms with E-state index in [0.29, 0.717) is 23.4 Å². The average molecular weight is 252 g/mol. The van der Waals surface area contributed by atoms with E-state index in [1.54, 1.807) is 0 Å². The van der Waals surface area contributed by atoms with Crippen LogP contribution in [0.4, 0.5) is 0 Å². The number of epoxide rings is 1. The quantitative estimate of drug-likeness (QED) is 0.730. The van der Waals surface area contributed by atoms with Gasteiger partial charge in [-0.3, -0.25) is 4.79 Å². The smallest absolute Gasteiger partial charge is 0.306 e. The van der Waals surface area contributed by atoms with E-state index in [1.807, 2.05) is 0 Å². The minimum atomic E-state index is -0.593. The Morgan fingerprint density at radius 1 is 1.22 bits per heavy atom. The fraction of sp³-hybridized carbons (Fsp3) is 0.933. The molecule has 2 aliphatic carbocycles. The Balaban J connectivity index is 1.81. The molecule has 1 heterocycles. The van der Waals surface area contributed by atoms with E-state index in [-0.39, 0.29) is 11.5 Å². The topological polar surface area (TPSA) is 49.8 Å². The van der Waals surface area contributed by atoms with Gasteiger partial charge in [-0.05, 0) is 56.3 Å². The molecule has 1 aliphatic heterocycles. The summed E-state index contributed by atoms with van der Waals surface area (Å²) in [7, 11) is 0. The predicted octanol–water partition coefficient (Wildman–Crippen LogP) is 3.08. The Morgan fingerprint density at radius 2 is 1.94 bits per heavy atom. The van der Waals surface area contributed by atoms with Crippen molar-refractivity contribution in [2.75, 3.05) is 0 Å². The summed E-state index contributed by atoms with van der Waals surface area (Å²) in [6.45, 7) is 6.77. The van der Waals surface area contributed by atoms with Crippen molar-refractivity contribution in [3.63, 3.8) is 0 Å². The number of carboxylic acid groups (broad SMARTS) is 1. The molecule has 0 aromatic heterocycles. The summed E-state index contributed by atoms with van der Waals surface area (Å²) in [6.07, 6.45) is 5.36. The maximum Gasteiger partial charge on any atom is 0.306 e. The number of carboxylic acids is 1. The first-order valence-corrected chi connectivity index (χ1v) is 7.24. The standard InChI is InChI=1S/C15H24O3/c1-14(2)8-10-9(13(16)17)4-5-12-15(3,18-12)7-6-11(10)14/h9-12H,4-8H2,1-3H3,(H,16,17). The van der Waals surface area contributed by atoms with E-state index in [1.165, 1.54) is 0 Å². The first-order chi connectivity index (χ1) is 8.33. The average Bonchev–Trinajstić information content (AvgIpc) is 2.86. The van der Waals surface area contributed by atoms with Crippen LogP contribution < -0.4 is 0 Å². The molecule has 3 fully saturated rings. The third kappa shape index (κ3) is 1.78. The van der Waals surface area contributed by atoms with Crippen molar-refractivity contribution in [1.29, 1.82) is 0 Å². The normalized spacial score (nSPS) is 49.7. The maximum atomic E-state index is 11.5. The van der Waals surface area contributed by atoms with Crippen molar-refractivity contribution in [2.24, 2.45) is 23.2 Å². The Hall–Kier alpha value is -0.570. The van der Waals surface area contributed by atoms with E-state index < -0.39 is 5.97 Å². The van der Waals surface area contributed by atoms with Crippen LogP contribution in [0.15, 0.2) is 0 Å². The summed E-state index contributed by atoms with van der Waals surface area (Å²) in [4.78, 5) is 11.5. The lowest BCUT2D eigenvalue weighted by Crippen LogP contribution is -2.49. The molecule has 102 valence electrons. The minimum absolute atomic E-state index is 0.0591. The van der Waals surface area contributed by atoms with Gasteiger partial charge in [0.15, 0.2) is 0 Å². The van der Waals surface area contributed by atoms with Crippen LogP contribution in [0.5, 0.6) is 0 Å². The SMILES string of the molecule is CC1(C)CC2C(C(=O)O)CCC3OC3(C)CCC21. The van der Waals surface area contributed by atoms with Crippen molar-refractivity contribution < 1.29 is 14.6 Å². The largest absolute Gasteiger partial charge is 0.481 e. The number of fused-ring (bicyclic) bond motifs is 2. The van der Waals surface area contributed by atoms with Crippen LogP contribution in [0, 0.1) is 23.2 Å². The summed E-state index contributed by atoms with van der Waals surface area (Å²) < 4.78 is 5.79. The second kappa shape index (κ2) is 3.72. The highest BCUT2D eigenvalue weighted by atomic mass is 16.6. The molecule has 1 saturated heterocycles. The minimum Gasteiger partial charge on any atom is -0.481 e. The highest BCUT2D eigenvalue weighted by Crippen LogP contribution is 2.59. The van der Waals surface area contributed by atoms with E-state index in [9.17, 15) is 9.90 Å². The molecule has 3 rings (SSSR count). The van der Waals surface area contributed by atoms with Gasteiger partial charge in [-0.15, -0.1) is 0 Å². The van der Waals surface area contributed by atoms with Gasteiger partial charge in [-0.1, -0.05) is 13.8 Å².